The maximum Gasteiger partial charge on any atom is -0.00141 e. The highest BCUT2D eigenvalue weighted by Crippen LogP contribution is 2.57. The van der Waals surface area contributed by atoms with E-state index in [0.29, 0.717) is 0 Å². The fraction of sp³-hybridized carbons (Fsp3) is 0.286. The first-order valence-corrected chi connectivity index (χ1v) is 18.1. The Hall–Kier alpha value is -3.47. The number of rotatable bonds is 5. The number of hydrogen-bond acceptors (Lipinski definition) is 0. The van der Waals surface area contributed by atoms with Crippen molar-refractivity contribution < 1.29 is 0 Å². The van der Waals surface area contributed by atoms with Crippen LogP contribution in [0.25, 0.3) is 54.6 Å². The summed E-state index contributed by atoms with van der Waals surface area (Å²) in [4.78, 5) is 0. The summed E-state index contributed by atoms with van der Waals surface area (Å²) in [5.74, 6) is 0. The minimum Gasteiger partial charge on any atom is -0.0683 e. The topological polar surface area (TPSA) is 0 Å². The van der Waals surface area contributed by atoms with E-state index in [9.17, 15) is 0 Å². The average molecular weight is 577 g/mol. The van der Waals surface area contributed by atoms with Crippen molar-refractivity contribution >= 4 is 45.5 Å². The van der Waals surface area contributed by atoms with Crippen LogP contribution < -0.4 is 5.30 Å². The highest BCUT2D eigenvalue weighted by atomic mass is 31.1. The van der Waals surface area contributed by atoms with Gasteiger partial charge in [-0.15, -0.1) is 0 Å². The van der Waals surface area contributed by atoms with Crippen molar-refractivity contribution in [3.63, 3.8) is 0 Å². The van der Waals surface area contributed by atoms with E-state index in [1.165, 1.54) is 119 Å². The molecule has 0 amide bonds. The van der Waals surface area contributed by atoms with E-state index in [1.807, 2.05) is 0 Å². The van der Waals surface area contributed by atoms with E-state index in [2.05, 4.69) is 115 Å². The second kappa shape index (κ2) is 11.9. The summed E-state index contributed by atoms with van der Waals surface area (Å²) in [6, 6.07) is 44.0. The molecule has 1 heteroatoms. The summed E-state index contributed by atoms with van der Waals surface area (Å²) < 4.78 is 0. The van der Waals surface area contributed by atoms with Gasteiger partial charge in [0.25, 0.3) is 0 Å². The SMILES string of the molecule is c1ccc2cc(-c3ccc4ccccc4c3-c3c(P(C4CCCCC4)C4CCCCC4)ccc4ccccc34)ccc2c1. The normalized spacial score (nSPS) is 16.9. The van der Waals surface area contributed by atoms with Crippen molar-refractivity contribution in [2.45, 2.75) is 75.5 Å². The zero-order valence-electron chi connectivity index (χ0n) is 25.1. The molecular formula is C42H41P. The van der Waals surface area contributed by atoms with Crippen LogP contribution in [0.2, 0.25) is 0 Å². The first kappa shape index (κ1) is 27.1. The Morgan fingerprint density at radius 2 is 0.930 bits per heavy atom. The molecule has 0 N–H and O–H groups in total. The van der Waals surface area contributed by atoms with Crippen LogP contribution in [0.4, 0.5) is 0 Å². The molecule has 8 rings (SSSR count). The van der Waals surface area contributed by atoms with Crippen molar-refractivity contribution in [2.75, 3.05) is 0 Å². The van der Waals surface area contributed by atoms with E-state index in [1.54, 1.807) is 5.30 Å². The van der Waals surface area contributed by atoms with Crippen LogP contribution in [0.1, 0.15) is 64.2 Å². The van der Waals surface area contributed by atoms with E-state index in [4.69, 9.17) is 0 Å². The maximum atomic E-state index is 2.60. The van der Waals surface area contributed by atoms with Crippen LogP contribution in [-0.4, -0.2) is 11.3 Å². The van der Waals surface area contributed by atoms with Gasteiger partial charge in [-0.2, -0.15) is 0 Å². The average Bonchev–Trinajstić information content (AvgIpc) is 3.08. The summed E-state index contributed by atoms with van der Waals surface area (Å²) in [7, 11) is -0.275. The molecule has 0 atom stereocenters. The Labute approximate surface area is 257 Å². The number of hydrogen-bond donors (Lipinski definition) is 0. The van der Waals surface area contributed by atoms with Crippen molar-refractivity contribution in [2.24, 2.45) is 0 Å². The largest absolute Gasteiger partial charge is 0.0683 e. The first-order valence-electron chi connectivity index (χ1n) is 16.7. The third-order valence-electron chi connectivity index (χ3n) is 10.4. The molecule has 43 heavy (non-hydrogen) atoms. The van der Waals surface area contributed by atoms with Crippen LogP contribution in [-0.2, 0) is 0 Å². The first-order chi connectivity index (χ1) is 21.3. The van der Waals surface area contributed by atoms with Gasteiger partial charge in [0.2, 0.25) is 0 Å². The summed E-state index contributed by atoms with van der Waals surface area (Å²) in [6.07, 6.45) is 14.2. The molecular weight excluding hydrogens is 535 g/mol. The van der Waals surface area contributed by atoms with Crippen molar-refractivity contribution in [3.8, 4) is 22.3 Å². The van der Waals surface area contributed by atoms with Crippen LogP contribution in [0, 0.1) is 0 Å². The van der Waals surface area contributed by atoms with E-state index < -0.39 is 0 Å². The smallest absolute Gasteiger partial charge is 0.00141 e. The zero-order chi connectivity index (χ0) is 28.6. The molecule has 214 valence electrons. The molecule has 0 bridgehead atoms. The number of benzene rings is 6. The molecule has 0 unspecified atom stereocenters. The molecule has 0 nitrogen and oxygen atoms in total. The number of fused-ring (bicyclic) bond motifs is 3. The molecule has 2 aliphatic carbocycles. The van der Waals surface area contributed by atoms with Gasteiger partial charge in [-0.25, -0.2) is 0 Å². The highest BCUT2D eigenvalue weighted by molar-refractivity contribution is 7.67. The lowest BCUT2D eigenvalue weighted by molar-refractivity contribution is 0.487. The van der Waals surface area contributed by atoms with Crippen LogP contribution in [0.5, 0.6) is 0 Å². The van der Waals surface area contributed by atoms with Gasteiger partial charge in [-0.1, -0.05) is 156 Å². The maximum absolute atomic E-state index is 2.60. The Morgan fingerprint density at radius 3 is 1.58 bits per heavy atom. The lowest BCUT2D eigenvalue weighted by atomic mass is 9.87. The minimum absolute atomic E-state index is 0.275. The van der Waals surface area contributed by atoms with Gasteiger partial charge in [0.05, 0.1) is 0 Å². The molecule has 0 heterocycles. The molecule has 2 aliphatic rings. The lowest BCUT2D eigenvalue weighted by Crippen LogP contribution is -2.27. The molecule has 0 radical (unpaired) electrons. The predicted molar refractivity (Wildman–Crippen MR) is 190 cm³/mol. The second-order valence-corrected chi connectivity index (χ2v) is 15.7. The van der Waals surface area contributed by atoms with Gasteiger partial charge in [-0.05, 0) is 103 Å². The molecule has 0 spiro atoms. The summed E-state index contributed by atoms with van der Waals surface area (Å²) in [5, 5.41) is 9.80. The Kier molecular flexibility index (Phi) is 7.50. The fourth-order valence-corrected chi connectivity index (χ4v) is 12.2. The van der Waals surface area contributed by atoms with E-state index in [-0.39, 0.29) is 7.92 Å². The highest BCUT2D eigenvalue weighted by Gasteiger charge is 2.35. The van der Waals surface area contributed by atoms with Gasteiger partial charge in [0.1, 0.15) is 0 Å². The summed E-state index contributed by atoms with van der Waals surface area (Å²) >= 11 is 0. The van der Waals surface area contributed by atoms with Crippen LogP contribution in [0.15, 0.2) is 115 Å². The molecule has 0 aliphatic heterocycles. The standard InChI is InChI=1S/C42H41P/c1-3-17-35(18-4-1)43(36-19-5-2-6-20-36)40-28-26-32-15-10-12-22-38(32)42(40)41-37-21-11-9-14-31(37)25-27-39(41)34-24-23-30-13-7-8-16-33(30)29-34/h7-16,21-29,35-36H,1-6,17-20H2. The Balaban J connectivity index is 1.45. The Bertz CT molecular complexity index is 1890. The quantitative estimate of drug-likeness (QED) is 0.179. The molecule has 6 aromatic rings. The molecule has 2 fully saturated rings. The summed E-state index contributed by atoms with van der Waals surface area (Å²) in [6.45, 7) is 0. The van der Waals surface area contributed by atoms with Crippen LogP contribution >= 0.6 is 7.92 Å². The van der Waals surface area contributed by atoms with Gasteiger partial charge in [0, 0.05) is 0 Å². The molecule has 2 saturated carbocycles. The minimum atomic E-state index is -0.275. The molecule has 0 saturated heterocycles. The lowest BCUT2D eigenvalue weighted by Gasteiger charge is -2.40. The predicted octanol–water partition coefficient (Wildman–Crippen LogP) is 12.3. The second-order valence-electron chi connectivity index (χ2n) is 12.9. The van der Waals surface area contributed by atoms with Gasteiger partial charge in [0.15, 0.2) is 0 Å². The van der Waals surface area contributed by atoms with Gasteiger partial charge in [-0.3, -0.25) is 0 Å². The van der Waals surface area contributed by atoms with E-state index >= 15 is 0 Å². The van der Waals surface area contributed by atoms with Crippen molar-refractivity contribution in [3.05, 3.63) is 115 Å². The molecule has 0 aromatic heterocycles. The third-order valence-corrected chi connectivity index (χ3v) is 13.9. The fourth-order valence-electron chi connectivity index (χ4n) is 8.29. The van der Waals surface area contributed by atoms with Gasteiger partial charge < -0.3 is 0 Å². The monoisotopic (exact) mass is 576 g/mol. The van der Waals surface area contributed by atoms with E-state index in [0.717, 1.165) is 11.3 Å². The zero-order valence-corrected chi connectivity index (χ0v) is 26.0. The van der Waals surface area contributed by atoms with Crippen molar-refractivity contribution in [1.82, 2.24) is 0 Å². The van der Waals surface area contributed by atoms with Crippen molar-refractivity contribution in [1.29, 1.82) is 0 Å². The van der Waals surface area contributed by atoms with Crippen LogP contribution in [0.3, 0.4) is 0 Å². The molecule has 6 aromatic carbocycles. The Morgan fingerprint density at radius 1 is 0.419 bits per heavy atom. The summed E-state index contributed by atoms with van der Waals surface area (Å²) in [5.41, 5.74) is 7.36. The third kappa shape index (κ3) is 5.09. The van der Waals surface area contributed by atoms with Gasteiger partial charge >= 0.3 is 0 Å².